The fourth-order valence-electron chi connectivity index (χ4n) is 4.81. The molecule has 1 aliphatic carbocycles. The Hall–Kier alpha value is -3.77. The molecule has 12 heteroatoms. The summed E-state index contributed by atoms with van der Waals surface area (Å²) >= 11 is 0. The summed E-state index contributed by atoms with van der Waals surface area (Å²) in [5.41, 5.74) is -0.283. The third-order valence-corrected chi connectivity index (χ3v) is 8.80. The fraction of sp³-hybridized carbons (Fsp3) is 0.419. The third kappa shape index (κ3) is 7.80. The van der Waals surface area contributed by atoms with Crippen LogP contribution in [-0.4, -0.2) is 57.1 Å². The van der Waals surface area contributed by atoms with E-state index in [-0.39, 0.29) is 11.0 Å². The lowest BCUT2D eigenvalue weighted by Gasteiger charge is -2.30. The molecule has 2 aromatic carbocycles. The number of rotatable bonds is 12. The maximum Gasteiger partial charge on any atom is 0.268 e. The van der Waals surface area contributed by atoms with Crippen molar-refractivity contribution in [3.63, 3.8) is 0 Å². The third-order valence-electron chi connectivity index (χ3n) is 7.45. The van der Waals surface area contributed by atoms with E-state index in [2.05, 4.69) is 9.88 Å². The highest BCUT2D eigenvalue weighted by molar-refractivity contribution is 7.90. The average Bonchev–Trinajstić information content (AvgIpc) is 3.82. The van der Waals surface area contributed by atoms with E-state index < -0.39 is 45.0 Å². The molecular formula is C31H35F2N3O6S. The van der Waals surface area contributed by atoms with Crippen molar-refractivity contribution in [3.05, 3.63) is 77.6 Å². The molecule has 43 heavy (non-hydrogen) atoms. The van der Waals surface area contributed by atoms with Gasteiger partial charge in [-0.15, -0.1) is 0 Å². The summed E-state index contributed by atoms with van der Waals surface area (Å²) in [6.45, 7) is 4.21. The van der Waals surface area contributed by atoms with Gasteiger partial charge >= 0.3 is 0 Å². The van der Waals surface area contributed by atoms with Crippen molar-refractivity contribution in [2.45, 2.75) is 56.1 Å². The standard InChI is InChI=1S/C31H35F2N3O6S/c1-3-27(26-14-10-22(17-34-26)40-19-20-6-7-20)42-28-15-13-25(29(32)30(28)33)31(37)35-43(38,39)24-11-8-21(9-12-24)41-23-5-4-16-36(2)18-23/h8-15,17,20,23,27H,3-7,16,18-19H2,1-2H3,(H,35,37)/t23-,27+/m0/s1. The first-order valence-electron chi connectivity index (χ1n) is 14.4. The normalized spacial score (nSPS) is 18.1. The van der Waals surface area contributed by atoms with E-state index in [0.717, 1.165) is 50.9 Å². The number of likely N-dealkylation sites (tertiary alicyclic amines) is 1. The maximum atomic E-state index is 15.0. The molecule has 2 fully saturated rings. The maximum absolute atomic E-state index is 15.0. The van der Waals surface area contributed by atoms with Gasteiger partial charge in [0.2, 0.25) is 5.82 Å². The van der Waals surface area contributed by atoms with Gasteiger partial charge in [0.25, 0.3) is 15.9 Å². The molecule has 9 nitrogen and oxygen atoms in total. The average molecular weight is 616 g/mol. The van der Waals surface area contributed by atoms with E-state index in [0.29, 0.717) is 36.1 Å². The Balaban J connectivity index is 1.22. The highest BCUT2D eigenvalue weighted by Crippen LogP contribution is 2.31. The molecule has 2 heterocycles. The van der Waals surface area contributed by atoms with Crippen LogP contribution in [0, 0.1) is 17.6 Å². The lowest BCUT2D eigenvalue weighted by molar-refractivity contribution is 0.0976. The van der Waals surface area contributed by atoms with Crippen LogP contribution in [0.4, 0.5) is 8.78 Å². The monoisotopic (exact) mass is 615 g/mol. The molecule has 1 aromatic heterocycles. The van der Waals surface area contributed by atoms with Crippen LogP contribution in [0.5, 0.6) is 17.2 Å². The number of carbonyl (C=O) groups is 1. The molecule has 1 saturated heterocycles. The van der Waals surface area contributed by atoms with Gasteiger partial charge in [0.1, 0.15) is 23.7 Å². The van der Waals surface area contributed by atoms with Crippen molar-refractivity contribution in [3.8, 4) is 17.2 Å². The number of nitrogens with one attached hydrogen (secondary N) is 1. The number of benzene rings is 2. The van der Waals surface area contributed by atoms with Gasteiger partial charge in [-0.3, -0.25) is 9.78 Å². The number of piperidine rings is 1. The minimum absolute atomic E-state index is 0.00801. The number of pyridine rings is 1. The molecule has 0 spiro atoms. The molecule has 1 saturated carbocycles. The number of hydrogen-bond donors (Lipinski definition) is 1. The van der Waals surface area contributed by atoms with Gasteiger partial charge in [-0.05, 0) is 100 Å². The van der Waals surface area contributed by atoms with Crippen molar-refractivity contribution in [2.75, 3.05) is 26.7 Å². The molecule has 1 amide bonds. The van der Waals surface area contributed by atoms with Gasteiger partial charge in [0.15, 0.2) is 11.6 Å². The summed E-state index contributed by atoms with van der Waals surface area (Å²) < 4.78 is 74.8. The SMILES string of the molecule is CC[C@@H](Oc1ccc(C(=O)NS(=O)(=O)c2ccc(O[C@H]3CCCN(C)C3)cc2)c(F)c1F)c1ccc(OCC2CC2)cn1. The zero-order chi connectivity index (χ0) is 30.6. The highest BCUT2D eigenvalue weighted by atomic mass is 32.2. The van der Waals surface area contributed by atoms with Gasteiger partial charge in [-0.1, -0.05) is 6.92 Å². The second-order valence-electron chi connectivity index (χ2n) is 11.0. The number of sulfonamides is 1. The van der Waals surface area contributed by atoms with Gasteiger partial charge in [0.05, 0.1) is 29.0 Å². The van der Waals surface area contributed by atoms with Crippen LogP contribution in [0.2, 0.25) is 0 Å². The molecule has 230 valence electrons. The number of halogens is 2. The van der Waals surface area contributed by atoms with Crippen LogP contribution < -0.4 is 18.9 Å². The molecule has 0 radical (unpaired) electrons. The predicted octanol–water partition coefficient (Wildman–Crippen LogP) is 5.27. The molecule has 2 atom stereocenters. The van der Waals surface area contributed by atoms with E-state index in [4.69, 9.17) is 14.2 Å². The molecule has 3 aromatic rings. The minimum Gasteiger partial charge on any atom is -0.492 e. The predicted molar refractivity (Wildman–Crippen MR) is 155 cm³/mol. The van der Waals surface area contributed by atoms with E-state index >= 15 is 4.39 Å². The largest absolute Gasteiger partial charge is 0.492 e. The summed E-state index contributed by atoms with van der Waals surface area (Å²) in [5, 5.41) is 0. The number of amides is 1. The fourth-order valence-corrected chi connectivity index (χ4v) is 5.78. The smallest absolute Gasteiger partial charge is 0.268 e. The Morgan fingerprint density at radius 2 is 1.79 bits per heavy atom. The summed E-state index contributed by atoms with van der Waals surface area (Å²) in [5.74, 6) is -2.99. The molecular weight excluding hydrogens is 580 g/mol. The number of nitrogens with zero attached hydrogens (tertiary/aromatic N) is 2. The summed E-state index contributed by atoms with van der Waals surface area (Å²) in [6.07, 6.45) is 5.48. The minimum atomic E-state index is -4.38. The first-order valence-corrected chi connectivity index (χ1v) is 15.9. The Kier molecular flexibility index (Phi) is 9.46. The topological polar surface area (TPSA) is 107 Å². The van der Waals surface area contributed by atoms with Crippen LogP contribution in [0.1, 0.15) is 61.2 Å². The lowest BCUT2D eigenvalue weighted by atomic mass is 10.1. The second kappa shape index (κ2) is 13.3. The zero-order valence-electron chi connectivity index (χ0n) is 24.1. The zero-order valence-corrected chi connectivity index (χ0v) is 24.9. The number of likely N-dealkylation sites (N-methyl/N-ethyl adjacent to an activating group) is 1. The van der Waals surface area contributed by atoms with E-state index in [9.17, 15) is 17.6 Å². The van der Waals surface area contributed by atoms with E-state index in [1.54, 1.807) is 30.0 Å². The molecule has 0 unspecified atom stereocenters. The van der Waals surface area contributed by atoms with Gasteiger partial charge < -0.3 is 19.1 Å². The first kappa shape index (κ1) is 30.7. The van der Waals surface area contributed by atoms with Crippen LogP contribution in [-0.2, 0) is 10.0 Å². The first-order chi connectivity index (χ1) is 20.6. The molecule has 1 N–H and O–H groups in total. The van der Waals surface area contributed by atoms with Crippen molar-refractivity contribution in [1.29, 1.82) is 0 Å². The Labute approximate surface area is 250 Å². The lowest BCUT2D eigenvalue weighted by Crippen LogP contribution is -2.38. The molecule has 2 aliphatic rings. The molecule has 5 rings (SSSR count). The van der Waals surface area contributed by atoms with E-state index in [1.165, 1.54) is 24.3 Å². The second-order valence-corrected chi connectivity index (χ2v) is 12.7. The highest BCUT2D eigenvalue weighted by Gasteiger charge is 2.26. The van der Waals surface area contributed by atoms with Crippen molar-refractivity contribution >= 4 is 15.9 Å². The summed E-state index contributed by atoms with van der Waals surface area (Å²) in [7, 11) is -2.37. The van der Waals surface area contributed by atoms with Crippen LogP contribution in [0.3, 0.4) is 0 Å². The van der Waals surface area contributed by atoms with E-state index in [1.807, 2.05) is 7.05 Å². The Morgan fingerprint density at radius 3 is 2.44 bits per heavy atom. The number of aromatic nitrogens is 1. The van der Waals surface area contributed by atoms with Crippen LogP contribution in [0.15, 0.2) is 59.6 Å². The Bertz CT molecular complexity index is 1530. The number of carbonyl (C=O) groups excluding carboxylic acids is 1. The van der Waals surface area contributed by atoms with Gasteiger partial charge in [0, 0.05) is 6.54 Å². The Morgan fingerprint density at radius 1 is 1.05 bits per heavy atom. The summed E-state index contributed by atoms with van der Waals surface area (Å²) in [6, 6.07) is 11.1. The van der Waals surface area contributed by atoms with Crippen molar-refractivity contribution < 1.29 is 36.2 Å². The number of ether oxygens (including phenoxy) is 3. The van der Waals surface area contributed by atoms with Gasteiger partial charge in [-0.25, -0.2) is 17.5 Å². The van der Waals surface area contributed by atoms with Gasteiger partial charge in [-0.2, -0.15) is 4.39 Å². The van der Waals surface area contributed by atoms with Crippen LogP contribution >= 0.6 is 0 Å². The van der Waals surface area contributed by atoms with Crippen molar-refractivity contribution in [1.82, 2.24) is 14.6 Å². The molecule has 1 aliphatic heterocycles. The van der Waals surface area contributed by atoms with Crippen molar-refractivity contribution in [2.24, 2.45) is 5.92 Å². The van der Waals surface area contributed by atoms with Crippen LogP contribution in [0.25, 0.3) is 0 Å². The number of hydrogen-bond acceptors (Lipinski definition) is 8. The molecule has 0 bridgehead atoms. The quantitative estimate of drug-likeness (QED) is 0.294. The summed E-state index contributed by atoms with van der Waals surface area (Å²) in [4.78, 5) is 19.0.